The molecule has 4 aliphatic heterocycles. The van der Waals surface area contributed by atoms with Crippen molar-refractivity contribution in [3.8, 4) is 11.5 Å². The van der Waals surface area contributed by atoms with Gasteiger partial charge in [-0.2, -0.15) is 0 Å². The molecule has 0 aliphatic carbocycles. The van der Waals surface area contributed by atoms with Crippen molar-refractivity contribution in [2.75, 3.05) is 14.1 Å². The van der Waals surface area contributed by atoms with Gasteiger partial charge in [0.1, 0.15) is 36.8 Å². The van der Waals surface area contributed by atoms with E-state index in [4.69, 9.17) is 18.9 Å². The molecule has 0 amide bonds. The minimum absolute atomic E-state index is 0.00217. The molecule has 2 aromatic rings. The van der Waals surface area contributed by atoms with Gasteiger partial charge in [0.25, 0.3) is 0 Å². The van der Waals surface area contributed by atoms with E-state index in [1.807, 2.05) is 36.4 Å². The van der Waals surface area contributed by atoms with Crippen LogP contribution in [-0.2, 0) is 41.7 Å². The lowest BCUT2D eigenvalue weighted by molar-refractivity contribution is -0.961. The molecule has 0 aromatic heterocycles. The van der Waals surface area contributed by atoms with Crippen molar-refractivity contribution in [1.82, 2.24) is 0 Å². The standard InChI is InChI=1S/C46H66N2O8/c1-5-43(49)53-39-17-13-15-33(25-39)31-47(3)35-21-22-36(47)28-41(27-35)55-45(51)19-11-9-7-8-10-12-20-46(52)56-42-29-37-23-24-38(30-42)48(37,4)32-34-16-14-18-40(26-34)54-44(50)6-2/h13-18,25-26,35-38,41-42H,5-12,19-24,27-32H2,1-4H3/q+2. The van der Waals surface area contributed by atoms with Crippen LogP contribution in [-0.4, -0.2) is 83.3 Å². The number of esters is 4. The smallest absolute Gasteiger partial charge is 0.310 e. The van der Waals surface area contributed by atoms with Gasteiger partial charge in [-0.05, 0) is 37.1 Å². The summed E-state index contributed by atoms with van der Waals surface area (Å²) in [5.74, 6) is 0.631. The number of carbonyl (C=O) groups is 4. The third-order valence-corrected chi connectivity index (χ3v) is 13.6. The molecule has 306 valence electrons. The van der Waals surface area contributed by atoms with Crippen molar-refractivity contribution >= 4 is 23.9 Å². The monoisotopic (exact) mass is 774 g/mol. The Hall–Kier alpha value is -3.76. The number of nitrogens with zero attached hydrogens (tertiary/aromatic N) is 2. The Labute approximate surface area is 334 Å². The number of quaternary nitrogens is 2. The number of hydrogen-bond donors (Lipinski definition) is 0. The second-order valence-corrected chi connectivity index (χ2v) is 17.5. The zero-order chi connectivity index (χ0) is 39.7. The van der Waals surface area contributed by atoms with Gasteiger partial charge in [0.2, 0.25) is 0 Å². The van der Waals surface area contributed by atoms with Gasteiger partial charge >= 0.3 is 23.9 Å². The molecule has 2 aromatic carbocycles. The molecule has 10 nitrogen and oxygen atoms in total. The topological polar surface area (TPSA) is 105 Å². The molecule has 4 saturated heterocycles. The highest BCUT2D eigenvalue weighted by Gasteiger charge is 2.53. The molecule has 4 bridgehead atoms. The maximum atomic E-state index is 12.8. The lowest BCUT2D eigenvalue weighted by Gasteiger charge is -2.47. The first kappa shape index (κ1) is 41.9. The summed E-state index contributed by atoms with van der Waals surface area (Å²) in [5.41, 5.74) is 2.34. The number of benzene rings is 2. The Balaban J connectivity index is 0.818. The Morgan fingerprint density at radius 1 is 0.536 bits per heavy atom. The molecule has 0 N–H and O–H groups in total. The van der Waals surface area contributed by atoms with Crippen LogP contribution in [0.4, 0.5) is 0 Å². The number of hydrogen-bond acceptors (Lipinski definition) is 8. The number of unbranched alkanes of at least 4 members (excludes halogenated alkanes) is 5. The third-order valence-electron chi connectivity index (χ3n) is 13.6. The Kier molecular flexibility index (Phi) is 14.3. The number of carbonyl (C=O) groups excluding carboxylic acids is 4. The highest BCUT2D eigenvalue weighted by molar-refractivity contribution is 5.72. The predicted octanol–water partition coefficient (Wildman–Crippen LogP) is 8.50. The first-order chi connectivity index (χ1) is 27.0. The lowest BCUT2D eigenvalue weighted by Crippen LogP contribution is -2.58. The minimum atomic E-state index is -0.222. The van der Waals surface area contributed by atoms with Crippen molar-refractivity contribution in [2.24, 2.45) is 0 Å². The van der Waals surface area contributed by atoms with Crippen molar-refractivity contribution < 1.29 is 47.1 Å². The van der Waals surface area contributed by atoms with E-state index in [2.05, 4.69) is 26.2 Å². The number of piperidine rings is 2. The zero-order valence-electron chi connectivity index (χ0n) is 34.4. The lowest BCUT2D eigenvalue weighted by atomic mass is 9.95. The molecule has 4 fully saturated rings. The van der Waals surface area contributed by atoms with Gasteiger partial charge in [-0.3, -0.25) is 19.2 Å². The van der Waals surface area contributed by atoms with Crippen LogP contribution in [0.5, 0.6) is 11.5 Å². The van der Waals surface area contributed by atoms with E-state index in [1.54, 1.807) is 13.8 Å². The van der Waals surface area contributed by atoms with E-state index >= 15 is 0 Å². The van der Waals surface area contributed by atoms with E-state index in [0.29, 0.717) is 61.3 Å². The molecular formula is C46H66N2O8+2. The van der Waals surface area contributed by atoms with E-state index in [9.17, 15) is 19.2 Å². The maximum absolute atomic E-state index is 12.8. The molecule has 0 saturated carbocycles. The normalized spacial score (nSPS) is 29.1. The summed E-state index contributed by atoms with van der Waals surface area (Å²) >= 11 is 0. The molecule has 10 heteroatoms. The molecular weight excluding hydrogens is 709 g/mol. The molecule has 0 spiro atoms. The summed E-state index contributed by atoms with van der Waals surface area (Å²) < 4.78 is 24.9. The molecule has 4 unspecified atom stereocenters. The summed E-state index contributed by atoms with van der Waals surface area (Å²) in [6.45, 7) is 5.37. The molecule has 0 radical (unpaired) electrons. The summed E-state index contributed by atoms with van der Waals surface area (Å²) in [6.07, 6.45) is 15.6. The minimum Gasteiger partial charge on any atom is -0.462 e. The van der Waals surface area contributed by atoms with Crippen LogP contribution in [0, 0.1) is 0 Å². The van der Waals surface area contributed by atoms with Crippen molar-refractivity contribution in [3.63, 3.8) is 0 Å². The largest absolute Gasteiger partial charge is 0.462 e. The second-order valence-electron chi connectivity index (χ2n) is 17.5. The van der Waals surface area contributed by atoms with Gasteiger partial charge < -0.3 is 27.9 Å². The van der Waals surface area contributed by atoms with Crippen molar-refractivity contribution in [1.29, 1.82) is 0 Å². The van der Waals surface area contributed by atoms with Crippen LogP contribution in [0.25, 0.3) is 0 Å². The molecule has 4 heterocycles. The van der Waals surface area contributed by atoms with Gasteiger partial charge in [0, 0.05) is 88.2 Å². The number of ether oxygens (including phenoxy) is 4. The average molecular weight is 775 g/mol. The van der Waals surface area contributed by atoms with Gasteiger partial charge in [0.05, 0.1) is 38.3 Å². The third kappa shape index (κ3) is 10.6. The van der Waals surface area contributed by atoms with E-state index in [1.165, 1.54) is 11.1 Å². The highest BCUT2D eigenvalue weighted by Crippen LogP contribution is 2.45. The highest BCUT2D eigenvalue weighted by atomic mass is 16.6. The summed E-state index contributed by atoms with van der Waals surface area (Å²) in [4.78, 5) is 49.2. The van der Waals surface area contributed by atoms with Crippen LogP contribution in [0.15, 0.2) is 48.5 Å². The van der Waals surface area contributed by atoms with E-state index in [0.717, 1.165) is 112 Å². The quantitative estimate of drug-likeness (QED) is 0.0606. The molecule has 56 heavy (non-hydrogen) atoms. The summed E-state index contributed by atoms with van der Waals surface area (Å²) in [5, 5.41) is 0. The van der Waals surface area contributed by atoms with Gasteiger partial charge in [-0.25, -0.2) is 0 Å². The van der Waals surface area contributed by atoms with Crippen molar-refractivity contribution in [2.45, 2.75) is 179 Å². The van der Waals surface area contributed by atoms with Crippen LogP contribution in [0.3, 0.4) is 0 Å². The number of rotatable bonds is 19. The molecule has 6 rings (SSSR count). The van der Waals surface area contributed by atoms with E-state index < -0.39 is 0 Å². The van der Waals surface area contributed by atoms with Crippen LogP contribution >= 0.6 is 0 Å². The van der Waals surface area contributed by atoms with Crippen LogP contribution in [0.2, 0.25) is 0 Å². The Morgan fingerprint density at radius 3 is 1.25 bits per heavy atom. The van der Waals surface area contributed by atoms with Gasteiger partial charge in [-0.15, -0.1) is 0 Å². The Bertz CT molecular complexity index is 1530. The first-order valence-electron chi connectivity index (χ1n) is 21.6. The predicted molar refractivity (Wildman–Crippen MR) is 213 cm³/mol. The molecule has 4 aliphatic rings. The van der Waals surface area contributed by atoms with Gasteiger partial charge in [0.15, 0.2) is 0 Å². The average Bonchev–Trinajstić information content (AvgIpc) is 3.39. The number of fused-ring (bicyclic) bond motifs is 4. The van der Waals surface area contributed by atoms with Gasteiger partial charge in [-0.1, -0.05) is 63.8 Å². The summed E-state index contributed by atoms with van der Waals surface area (Å²) in [7, 11) is 4.67. The van der Waals surface area contributed by atoms with Crippen molar-refractivity contribution in [3.05, 3.63) is 59.7 Å². The maximum Gasteiger partial charge on any atom is 0.310 e. The fourth-order valence-electron chi connectivity index (χ4n) is 10.4. The SMILES string of the molecule is CCC(=O)Oc1cccc(C[N+]2(C)C3CCC2CC(OC(=O)CCCCCCCCC(=O)OC2CC4CCC(C2)[N+]4(C)Cc2cccc(OC(=O)CC)c2)C3)c1. The summed E-state index contributed by atoms with van der Waals surface area (Å²) in [6, 6.07) is 17.6. The molecule has 4 atom stereocenters. The first-order valence-corrected chi connectivity index (χ1v) is 21.6. The zero-order valence-corrected chi connectivity index (χ0v) is 34.4. The van der Waals surface area contributed by atoms with Crippen LogP contribution in [0.1, 0.15) is 141 Å². The van der Waals surface area contributed by atoms with E-state index in [-0.39, 0.29) is 36.1 Å². The second kappa shape index (κ2) is 19.1. The Morgan fingerprint density at radius 2 is 0.893 bits per heavy atom. The fraction of sp³-hybridized carbons (Fsp3) is 0.652. The fourth-order valence-corrected chi connectivity index (χ4v) is 10.4. The van der Waals surface area contributed by atoms with Crippen LogP contribution < -0.4 is 9.47 Å².